The predicted octanol–water partition coefficient (Wildman–Crippen LogP) is 3.83. The topological polar surface area (TPSA) is 43.7 Å². The van der Waals surface area contributed by atoms with Crippen molar-refractivity contribution in [3.63, 3.8) is 0 Å². The highest BCUT2D eigenvalue weighted by Gasteiger charge is 2.37. The highest BCUT2D eigenvalue weighted by molar-refractivity contribution is 5.51. The Morgan fingerprint density at radius 3 is 2.67 bits per heavy atom. The second-order valence-corrected chi connectivity index (χ2v) is 7.13. The molecule has 2 aliphatic rings. The van der Waals surface area contributed by atoms with E-state index in [9.17, 15) is 10.2 Å². The van der Waals surface area contributed by atoms with Gasteiger partial charge in [0, 0.05) is 18.2 Å². The molecular weight excluding hydrogens is 298 g/mol. The summed E-state index contributed by atoms with van der Waals surface area (Å²) in [4.78, 5) is 2.65. The van der Waals surface area contributed by atoms with Crippen LogP contribution in [0.1, 0.15) is 41.9 Å². The molecule has 1 heterocycles. The number of nitrogens with zero attached hydrogens (tertiary/aromatic N) is 1. The van der Waals surface area contributed by atoms with Crippen LogP contribution in [0, 0.1) is 0 Å². The number of phenols is 2. The summed E-state index contributed by atoms with van der Waals surface area (Å²) in [7, 11) is 0. The summed E-state index contributed by atoms with van der Waals surface area (Å²) in [5.74, 6) is 0.612. The van der Waals surface area contributed by atoms with Crippen LogP contribution in [-0.2, 0) is 12.8 Å². The van der Waals surface area contributed by atoms with Gasteiger partial charge in [-0.25, -0.2) is 0 Å². The van der Waals surface area contributed by atoms with E-state index in [1.807, 2.05) is 6.07 Å². The van der Waals surface area contributed by atoms with Crippen LogP contribution in [0.2, 0.25) is 0 Å². The molecule has 0 spiro atoms. The van der Waals surface area contributed by atoms with Gasteiger partial charge in [0.2, 0.25) is 0 Å². The third kappa shape index (κ3) is 2.78. The number of hydrogen-bond donors (Lipinski definition) is 2. The summed E-state index contributed by atoms with van der Waals surface area (Å²) in [6.07, 6.45) is 5.42. The molecule has 1 fully saturated rings. The van der Waals surface area contributed by atoms with Gasteiger partial charge in [-0.05, 0) is 61.8 Å². The molecule has 126 valence electrons. The van der Waals surface area contributed by atoms with Crippen LogP contribution in [0.15, 0.2) is 42.5 Å². The lowest BCUT2D eigenvalue weighted by Gasteiger charge is -2.45. The van der Waals surface area contributed by atoms with Crippen molar-refractivity contribution in [3.8, 4) is 11.5 Å². The van der Waals surface area contributed by atoms with Crippen LogP contribution in [0.4, 0.5) is 0 Å². The molecule has 2 N–H and O–H groups in total. The maximum atomic E-state index is 10.2. The highest BCUT2D eigenvalue weighted by atomic mass is 16.3. The first-order valence-electron chi connectivity index (χ1n) is 9.05. The molecule has 1 aliphatic carbocycles. The Hall–Kier alpha value is -2.00. The fourth-order valence-corrected chi connectivity index (χ4v) is 4.61. The van der Waals surface area contributed by atoms with Gasteiger partial charge in [-0.15, -0.1) is 0 Å². The molecule has 0 radical (unpaired) electrons. The monoisotopic (exact) mass is 323 g/mol. The van der Waals surface area contributed by atoms with Crippen molar-refractivity contribution in [1.82, 2.24) is 4.90 Å². The van der Waals surface area contributed by atoms with Gasteiger partial charge in [-0.1, -0.05) is 36.4 Å². The maximum Gasteiger partial charge on any atom is 0.160 e. The maximum absolute atomic E-state index is 10.2. The van der Waals surface area contributed by atoms with E-state index < -0.39 is 0 Å². The number of benzene rings is 2. The van der Waals surface area contributed by atoms with Gasteiger partial charge >= 0.3 is 0 Å². The number of piperidine rings is 1. The Morgan fingerprint density at radius 2 is 1.83 bits per heavy atom. The summed E-state index contributed by atoms with van der Waals surface area (Å²) in [5.41, 5.74) is 3.63. The summed E-state index contributed by atoms with van der Waals surface area (Å²) < 4.78 is 0. The van der Waals surface area contributed by atoms with Crippen molar-refractivity contribution in [2.45, 2.75) is 44.1 Å². The van der Waals surface area contributed by atoms with E-state index in [0.29, 0.717) is 12.0 Å². The third-order valence-electron chi connectivity index (χ3n) is 5.81. The van der Waals surface area contributed by atoms with Crippen LogP contribution in [-0.4, -0.2) is 34.2 Å². The normalized spacial score (nSPS) is 23.5. The first-order valence-corrected chi connectivity index (χ1v) is 9.05. The van der Waals surface area contributed by atoms with E-state index in [1.54, 1.807) is 6.07 Å². The molecular formula is C21H25NO2. The molecule has 2 aromatic rings. The molecule has 1 aliphatic heterocycles. The number of phenolic OH excluding ortho intramolecular Hbond substituents is 2. The minimum Gasteiger partial charge on any atom is -0.504 e. The molecule has 2 atom stereocenters. The number of hydrogen-bond acceptors (Lipinski definition) is 3. The van der Waals surface area contributed by atoms with Crippen molar-refractivity contribution >= 4 is 0 Å². The molecule has 4 rings (SSSR count). The van der Waals surface area contributed by atoms with Crippen LogP contribution in [0.25, 0.3) is 0 Å². The smallest absolute Gasteiger partial charge is 0.160 e. The fourth-order valence-electron chi connectivity index (χ4n) is 4.61. The van der Waals surface area contributed by atoms with Gasteiger partial charge in [0.25, 0.3) is 0 Å². The SMILES string of the molecule is Oc1ccc2c(c1O)CCC1C2CCCN1CCc1ccccc1. The van der Waals surface area contributed by atoms with Crippen molar-refractivity contribution in [3.05, 3.63) is 59.2 Å². The van der Waals surface area contributed by atoms with Gasteiger partial charge in [0.1, 0.15) is 0 Å². The Balaban J connectivity index is 1.53. The predicted molar refractivity (Wildman–Crippen MR) is 95.6 cm³/mol. The van der Waals surface area contributed by atoms with Gasteiger partial charge < -0.3 is 10.2 Å². The average Bonchev–Trinajstić information content (AvgIpc) is 2.63. The Morgan fingerprint density at radius 1 is 1.00 bits per heavy atom. The second-order valence-electron chi connectivity index (χ2n) is 7.13. The molecule has 2 aromatic carbocycles. The molecule has 0 amide bonds. The molecule has 3 nitrogen and oxygen atoms in total. The quantitative estimate of drug-likeness (QED) is 0.844. The van der Waals surface area contributed by atoms with Crippen LogP contribution >= 0.6 is 0 Å². The van der Waals surface area contributed by atoms with E-state index in [-0.39, 0.29) is 11.5 Å². The van der Waals surface area contributed by atoms with Crippen LogP contribution in [0.5, 0.6) is 11.5 Å². The molecule has 1 saturated heterocycles. The zero-order valence-electron chi connectivity index (χ0n) is 14.0. The standard InChI is InChI=1S/C21H25NO2/c23-20-11-9-16-17-7-4-13-22(14-12-15-5-2-1-3-6-15)19(17)10-8-18(16)21(20)24/h1-3,5-6,9,11,17,19,23-24H,4,7-8,10,12-14H2. The van der Waals surface area contributed by atoms with Crippen LogP contribution < -0.4 is 0 Å². The molecule has 3 heteroatoms. The number of fused-ring (bicyclic) bond motifs is 3. The first kappa shape index (κ1) is 15.5. The zero-order chi connectivity index (χ0) is 16.5. The largest absolute Gasteiger partial charge is 0.504 e. The van der Waals surface area contributed by atoms with Crippen molar-refractivity contribution < 1.29 is 10.2 Å². The van der Waals surface area contributed by atoms with Crippen molar-refractivity contribution in [2.75, 3.05) is 13.1 Å². The van der Waals surface area contributed by atoms with E-state index in [4.69, 9.17) is 0 Å². The van der Waals surface area contributed by atoms with Crippen molar-refractivity contribution in [2.24, 2.45) is 0 Å². The molecule has 0 aromatic heterocycles. The van der Waals surface area contributed by atoms with Gasteiger partial charge in [0.05, 0.1) is 0 Å². The van der Waals surface area contributed by atoms with Gasteiger partial charge in [0.15, 0.2) is 11.5 Å². The summed E-state index contributed by atoms with van der Waals surface area (Å²) in [6, 6.07) is 15.0. The van der Waals surface area contributed by atoms with Crippen LogP contribution in [0.3, 0.4) is 0 Å². The molecule has 0 bridgehead atoms. The number of aromatic hydroxyl groups is 2. The molecule has 0 saturated carbocycles. The summed E-state index contributed by atoms with van der Waals surface area (Å²) in [5, 5.41) is 20.0. The Kier molecular flexibility index (Phi) is 4.19. The zero-order valence-corrected chi connectivity index (χ0v) is 14.0. The lowest BCUT2D eigenvalue weighted by Crippen LogP contribution is -2.47. The third-order valence-corrected chi connectivity index (χ3v) is 5.81. The fraction of sp³-hybridized carbons (Fsp3) is 0.429. The Labute approximate surface area is 143 Å². The molecule has 2 unspecified atom stereocenters. The lowest BCUT2D eigenvalue weighted by molar-refractivity contribution is 0.113. The first-order chi connectivity index (χ1) is 11.7. The van der Waals surface area contributed by atoms with Gasteiger partial charge in [-0.3, -0.25) is 4.90 Å². The summed E-state index contributed by atoms with van der Waals surface area (Å²) >= 11 is 0. The highest BCUT2D eigenvalue weighted by Crippen LogP contribution is 2.45. The van der Waals surface area contributed by atoms with E-state index in [0.717, 1.165) is 31.4 Å². The van der Waals surface area contributed by atoms with E-state index >= 15 is 0 Å². The number of likely N-dealkylation sites (tertiary alicyclic amines) is 1. The van der Waals surface area contributed by atoms with E-state index in [2.05, 4.69) is 35.2 Å². The minimum absolute atomic E-state index is 0.0175. The Bertz CT molecular complexity index is 713. The summed E-state index contributed by atoms with van der Waals surface area (Å²) in [6.45, 7) is 2.28. The second kappa shape index (κ2) is 6.48. The number of rotatable bonds is 3. The van der Waals surface area contributed by atoms with E-state index in [1.165, 1.54) is 30.5 Å². The van der Waals surface area contributed by atoms with Gasteiger partial charge in [-0.2, -0.15) is 0 Å². The average molecular weight is 323 g/mol. The van der Waals surface area contributed by atoms with Crippen molar-refractivity contribution in [1.29, 1.82) is 0 Å². The molecule has 24 heavy (non-hydrogen) atoms. The minimum atomic E-state index is 0.0175. The lowest BCUT2D eigenvalue weighted by atomic mass is 9.74.